The van der Waals surface area contributed by atoms with Gasteiger partial charge in [-0.05, 0) is 49.7 Å². The van der Waals surface area contributed by atoms with Crippen molar-refractivity contribution in [3.63, 3.8) is 0 Å². The van der Waals surface area contributed by atoms with E-state index in [0.717, 1.165) is 0 Å². The Balaban J connectivity index is 1.79. The van der Waals surface area contributed by atoms with Gasteiger partial charge in [-0.2, -0.15) is 0 Å². The molecule has 3 rings (SSSR count). The van der Waals surface area contributed by atoms with Gasteiger partial charge in [-0.1, -0.05) is 12.1 Å². The van der Waals surface area contributed by atoms with Crippen LogP contribution < -0.4 is 19.5 Å². The maximum absolute atomic E-state index is 12.5. The molecule has 0 bridgehead atoms. The number of methoxy groups -OCH3 is 1. The highest BCUT2D eigenvalue weighted by atomic mass is 32.2. The molecule has 0 fully saturated rings. The van der Waals surface area contributed by atoms with E-state index in [1.807, 2.05) is 0 Å². The molecule has 1 heterocycles. The zero-order valence-electron chi connectivity index (χ0n) is 15.4. The molecule has 1 aliphatic heterocycles. The van der Waals surface area contributed by atoms with Crippen LogP contribution in [0.25, 0.3) is 0 Å². The van der Waals surface area contributed by atoms with Crippen LogP contribution in [0.5, 0.6) is 11.5 Å². The van der Waals surface area contributed by atoms with Crippen LogP contribution in [-0.4, -0.2) is 28.0 Å². The van der Waals surface area contributed by atoms with Crippen LogP contribution >= 0.6 is 0 Å². The molecular weight excluding hydrogens is 368 g/mol. The summed E-state index contributed by atoms with van der Waals surface area (Å²) in [7, 11) is -2.12. The summed E-state index contributed by atoms with van der Waals surface area (Å²) in [6, 6.07) is 11.7. The lowest BCUT2D eigenvalue weighted by Crippen LogP contribution is -2.33. The average Bonchev–Trinajstić information content (AvgIpc) is 2.70. The number of carbonyl (C=O) groups excluding carboxylic acids is 1. The van der Waals surface area contributed by atoms with E-state index in [2.05, 4.69) is 10.0 Å². The minimum Gasteiger partial charge on any atom is -0.497 e. The van der Waals surface area contributed by atoms with E-state index >= 15 is 0 Å². The first kappa shape index (κ1) is 19.0. The van der Waals surface area contributed by atoms with Crippen LogP contribution in [0, 0.1) is 5.41 Å². The van der Waals surface area contributed by atoms with Crippen LogP contribution in [0.3, 0.4) is 0 Å². The van der Waals surface area contributed by atoms with Crippen LogP contribution in [0.15, 0.2) is 42.5 Å². The Bertz CT molecular complexity index is 970. The van der Waals surface area contributed by atoms with Gasteiger partial charge in [-0.25, -0.2) is 8.42 Å². The second-order valence-electron chi connectivity index (χ2n) is 7.05. The minimum atomic E-state index is -3.64. The first-order valence-electron chi connectivity index (χ1n) is 8.40. The van der Waals surface area contributed by atoms with Crippen molar-refractivity contribution in [2.24, 2.45) is 5.41 Å². The fourth-order valence-electron chi connectivity index (χ4n) is 2.63. The second kappa shape index (κ2) is 7.11. The quantitative estimate of drug-likeness (QED) is 0.819. The van der Waals surface area contributed by atoms with Gasteiger partial charge in [0.1, 0.15) is 18.1 Å². The number of hydrogen-bond acceptors (Lipinski definition) is 5. The smallest absolute Gasteiger partial charge is 0.236 e. The zero-order chi connectivity index (χ0) is 19.7. The lowest BCUT2D eigenvalue weighted by Gasteiger charge is -2.18. The Kier molecular flexibility index (Phi) is 5.01. The Morgan fingerprint density at radius 3 is 2.74 bits per heavy atom. The fourth-order valence-corrected chi connectivity index (χ4v) is 3.81. The maximum atomic E-state index is 12.5. The van der Waals surface area contributed by atoms with E-state index in [9.17, 15) is 13.2 Å². The second-order valence-corrected chi connectivity index (χ2v) is 8.77. The van der Waals surface area contributed by atoms with Gasteiger partial charge in [-0.15, -0.1) is 0 Å². The third kappa shape index (κ3) is 4.51. The fraction of sp³-hybridized carbons (Fsp3) is 0.316. The van der Waals surface area contributed by atoms with E-state index in [-0.39, 0.29) is 18.3 Å². The van der Waals surface area contributed by atoms with Crippen molar-refractivity contribution < 1.29 is 22.7 Å². The summed E-state index contributed by atoms with van der Waals surface area (Å²) >= 11 is 0. The van der Waals surface area contributed by atoms with Crippen LogP contribution in [-0.2, 0) is 20.6 Å². The molecule has 0 radical (unpaired) electrons. The minimum absolute atomic E-state index is 0.183. The highest BCUT2D eigenvalue weighted by Crippen LogP contribution is 2.34. The Morgan fingerprint density at radius 2 is 2.00 bits per heavy atom. The molecule has 2 aromatic rings. The molecule has 0 aliphatic carbocycles. The van der Waals surface area contributed by atoms with Crippen molar-refractivity contribution in [2.45, 2.75) is 19.6 Å². The first-order valence-corrected chi connectivity index (χ1v) is 10.1. The summed E-state index contributed by atoms with van der Waals surface area (Å²) in [5.74, 6) is 0.717. The number of carbonyl (C=O) groups is 1. The molecular formula is C19H22N2O5S. The molecule has 27 heavy (non-hydrogen) atoms. The van der Waals surface area contributed by atoms with Gasteiger partial charge in [-0.3, -0.25) is 9.52 Å². The molecule has 0 atom stereocenters. The summed E-state index contributed by atoms with van der Waals surface area (Å²) in [4.78, 5) is 12.3. The monoisotopic (exact) mass is 390 g/mol. The molecule has 0 aromatic heterocycles. The number of amides is 1. The molecule has 1 aliphatic rings. The number of anilines is 2. The van der Waals surface area contributed by atoms with Gasteiger partial charge in [0.2, 0.25) is 15.9 Å². The predicted octanol–water partition coefficient (Wildman–Crippen LogP) is 2.99. The van der Waals surface area contributed by atoms with E-state index in [1.54, 1.807) is 56.3 Å². The average molecular weight is 390 g/mol. The molecule has 0 saturated heterocycles. The number of fused-ring (bicyclic) bond motifs is 1. The highest BCUT2D eigenvalue weighted by Gasteiger charge is 2.32. The van der Waals surface area contributed by atoms with Gasteiger partial charge in [0.15, 0.2) is 0 Å². The molecule has 0 spiro atoms. The van der Waals surface area contributed by atoms with Crippen LogP contribution in [0.2, 0.25) is 0 Å². The summed E-state index contributed by atoms with van der Waals surface area (Å²) < 4.78 is 38.3. The molecule has 1 amide bonds. The van der Waals surface area contributed by atoms with Crippen molar-refractivity contribution in [1.82, 2.24) is 0 Å². The number of hydrogen-bond donors (Lipinski definition) is 2. The number of sulfonamides is 1. The summed E-state index contributed by atoms with van der Waals surface area (Å²) in [6.07, 6.45) is 0. The number of benzene rings is 2. The van der Waals surface area contributed by atoms with Crippen molar-refractivity contribution in [3.05, 3.63) is 48.0 Å². The van der Waals surface area contributed by atoms with E-state index in [1.165, 1.54) is 7.11 Å². The Labute approximate surface area is 158 Å². The lowest BCUT2D eigenvalue weighted by atomic mass is 9.94. The number of rotatable bonds is 5. The standard InChI is InChI=1S/C19H22N2O5S/c1-19(2)12-26-17-8-7-14(10-16(17)20-18(19)22)21-27(23,24)11-13-5-4-6-15(9-13)25-3/h4-10,21H,11-12H2,1-3H3,(H,20,22). The summed E-state index contributed by atoms with van der Waals surface area (Å²) in [5.41, 5.74) is 0.716. The molecule has 2 N–H and O–H groups in total. The van der Waals surface area contributed by atoms with Crippen LogP contribution in [0.4, 0.5) is 11.4 Å². The molecule has 0 unspecified atom stereocenters. The third-order valence-corrected chi connectivity index (χ3v) is 5.46. The van der Waals surface area contributed by atoms with Crippen molar-refractivity contribution >= 4 is 27.3 Å². The first-order chi connectivity index (χ1) is 12.7. The van der Waals surface area contributed by atoms with Crippen molar-refractivity contribution in [1.29, 1.82) is 0 Å². The summed E-state index contributed by atoms with van der Waals surface area (Å²) in [6.45, 7) is 3.81. The largest absolute Gasteiger partial charge is 0.497 e. The Morgan fingerprint density at radius 1 is 1.22 bits per heavy atom. The molecule has 144 valence electrons. The zero-order valence-corrected chi connectivity index (χ0v) is 16.2. The SMILES string of the molecule is COc1cccc(CS(=O)(=O)Nc2ccc3c(c2)NC(=O)C(C)(C)CO3)c1. The van der Waals surface area contributed by atoms with Crippen molar-refractivity contribution in [2.75, 3.05) is 23.8 Å². The topological polar surface area (TPSA) is 93.7 Å². The molecule has 7 nitrogen and oxygen atoms in total. The van der Waals surface area contributed by atoms with Crippen LogP contribution in [0.1, 0.15) is 19.4 Å². The van der Waals surface area contributed by atoms with E-state index < -0.39 is 15.4 Å². The molecule has 2 aromatic carbocycles. The lowest BCUT2D eigenvalue weighted by molar-refractivity contribution is -0.124. The molecule has 0 saturated carbocycles. The molecule has 8 heteroatoms. The normalized spacial score (nSPS) is 15.7. The van der Waals surface area contributed by atoms with Gasteiger partial charge in [0.05, 0.1) is 29.7 Å². The third-order valence-electron chi connectivity index (χ3n) is 4.20. The summed E-state index contributed by atoms with van der Waals surface area (Å²) in [5, 5.41) is 2.79. The van der Waals surface area contributed by atoms with Gasteiger partial charge in [0, 0.05) is 0 Å². The Hall–Kier alpha value is -2.74. The highest BCUT2D eigenvalue weighted by molar-refractivity contribution is 7.91. The maximum Gasteiger partial charge on any atom is 0.236 e. The number of ether oxygens (including phenoxy) is 2. The van der Waals surface area contributed by atoms with Gasteiger partial charge in [0.25, 0.3) is 0 Å². The van der Waals surface area contributed by atoms with Gasteiger partial charge < -0.3 is 14.8 Å². The van der Waals surface area contributed by atoms with E-state index in [4.69, 9.17) is 9.47 Å². The van der Waals surface area contributed by atoms with Gasteiger partial charge >= 0.3 is 0 Å². The van der Waals surface area contributed by atoms with E-state index in [0.29, 0.717) is 28.4 Å². The number of nitrogens with one attached hydrogen (secondary N) is 2. The van der Waals surface area contributed by atoms with Crippen molar-refractivity contribution in [3.8, 4) is 11.5 Å². The predicted molar refractivity (Wildman–Crippen MR) is 104 cm³/mol.